The number of hydrogen-bond acceptors (Lipinski definition) is 4. The molecular formula is C14H13FN2O4. The van der Waals surface area contributed by atoms with Crippen molar-refractivity contribution in [2.45, 2.75) is 18.8 Å². The lowest BCUT2D eigenvalue weighted by Crippen LogP contribution is -2.18. The van der Waals surface area contributed by atoms with Crippen molar-refractivity contribution in [1.29, 1.82) is 0 Å². The van der Waals surface area contributed by atoms with Crippen molar-refractivity contribution in [3.63, 3.8) is 0 Å². The Bertz CT molecular complexity index is 610. The second-order valence-electron chi connectivity index (χ2n) is 4.48. The number of nitrogens with one attached hydrogen (secondary N) is 1. The van der Waals surface area contributed by atoms with Gasteiger partial charge < -0.3 is 14.9 Å². The SMILES string of the molecule is O=C(O)CC(CC(=O)Nc1ccon1)c1ccc(F)cc1. The van der Waals surface area contributed by atoms with Crippen LogP contribution in [0.3, 0.4) is 0 Å². The molecule has 2 rings (SSSR count). The van der Waals surface area contributed by atoms with Crippen molar-refractivity contribution >= 4 is 17.7 Å². The van der Waals surface area contributed by atoms with Gasteiger partial charge in [0.1, 0.15) is 12.1 Å². The molecule has 1 unspecified atom stereocenters. The molecule has 1 atom stereocenters. The molecule has 0 aliphatic rings. The number of nitrogens with zero attached hydrogens (tertiary/aromatic N) is 1. The van der Waals surface area contributed by atoms with Gasteiger partial charge in [0.05, 0.1) is 6.42 Å². The third-order valence-electron chi connectivity index (χ3n) is 2.90. The normalized spacial score (nSPS) is 11.9. The van der Waals surface area contributed by atoms with Gasteiger partial charge in [-0.05, 0) is 17.7 Å². The smallest absolute Gasteiger partial charge is 0.303 e. The molecule has 1 aromatic carbocycles. The summed E-state index contributed by atoms with van der Waals surface area (Å²) in [5.41, 5.74) is 0.592. The highest BCUT2D eigenvalue weighted by molar-refractivity contribution is 5.90. The number of carboxylic acid groups (broad SMARTS) is 1. The van der Waals surface area contributed by atoms with Crippen LogP contribution in [0, 0.1) is 5.82 Å². The lowest BCUT2D eigenvalue weighted by molar-refractivity contribution is -0.137. The van der Waals surface area contributed by atoms with Crippen LogP contribution >= 0.6 is 0 Å². The summed E-state index contributed by atoms with van der Waals surface area (Å²) < 4.78 is 17.5. The number of hydrogen-bond donors (Lipinski definition) is 2. The fraction of sp³-hybridized carbons (Fsp3) is 0.214. The summed E-state index contributed by atoms with van der Waals surface area (Å²) in [5, 5.41) is 15.0. The largest absolute Gasteiger partial charge is 0.481 e. The number of halogens is 1. The zero-order chi connectivity index (χ0) is 15.2. The van der Waals surface area contributed by atoms with E-state index in [0.29, 0.717) is 5.56 Å². The Kier molecular flexibility index (Phi) is 4.65. The molecular weight excluding hydrogens is 279 g/mol. The molecule has 1 aromatic heterocycles. The first kappa shape index (κ1) is 14.7. The summed E-state index contributed by atoms with van der Waals surface area (Å²) >= 11 is 0. The van der Waals surface area contributed by atoms with E-state index in [1.54, 1.807) is 0 Å². The number of aliphatic carboxylic acids is 1. The molecule has 1 heterocycles. The van der Waals surface area contributed by atoms with Crippen LogP contribution in [0.4, 0.5) is 10.2 Å². The van der Waals surface area contributed by atoms with E-state index < -0.39 is 17.7 Å². The quantitative estimate of drug-likeness (QED) is 0.852. The van der Waals surface area contributed by atoms with Crippen LogP contribution in [0.25, 0.3) is 0 Å². The van der Waals surface area contributed by atoms with E-state index in [0.717, 1.165) is 0 Å². The van der Waals surface area contributed by atoms with Gasteiger partial charge >= 0.3 is 5.97 Å². The third kappa shape index (κ3) is 4.41. The lowest BCUT2D eigenvalue weighted by atomic mass is 9.92. The number of anilines is 1. The molecule has 0 bridgehead atoms. The van der Waals surface area contributed by atoms with Crippen molar-refractivity contribution in [2.75, 3.05) is 5.32 Å². The van der Waals surface area contributed by atoms with E-state index in [4.69, 9.17) is 5.11 Å². The van der Waals surface area contributed by atoms with Crippen molar-refractivity contribution < 1.29 is 23.6 Å². The van der Waals surface area contributed by atoms with E-state index in [-0.39, 0.29) is 24.6 Å². The molecule has 6 nitrogen and oxygen atoms in total. The molecule has 0 aliphatic heterocycles. The van der Waals surface area contributed by atoms with Gasteiger partial charge in [-0.1, -0.05) is 17.3 Å². The minimum Gasteiger partial charge on any atom is -0.481 e. The second kappa shape index (κ2) is 6.65. The van der Waals surface area contributed by atoms with E-state index in [2.05, 4.69) is 15.0 Å². The summed E-state index contributed by atoms with van der Waals surface area (Å²) in [4.78, 5) is 22.8. The molecule has 7 heteroatoms. The molecule has 21 heavy (non-hydrogen) atoms. The van der Waals surface area contributed by atoms with E-state index >= 15 is 0 Å². The molecule has 2 N–H and O–H groups in total. The van der Waals surface area contributed by atoms with Crippen LogP contribution in [0.1, 0.15) is 24.3 Å². The third-order valence-corrected chi connectivity index (χ3v) is 2.90. The number of carbonyl (C=O) groups excluding carboxylic acids is 1. The van der Waals surface area contributed by atoms with Gasteiger partial charge in [-0.15, -0.1) is 0 Å². The van der Waals surface area contributed by atoms with Crippen molar-refractivity contribution in [2.24, 2.45) is 0 Å². The highest BCUT2D eigenvalue weighted by atomic mass is 19.1. The van der Waals surface area contributed by atoms with Crippen LogP contribution in [0.5, 0.6) is 0 Å². The van der Waals surface area contributed by atoms with Gasteiger partial charge in [-0.25, -0.2) is 4.39 Å². The molecule has 0 aliphatic carbocycles. The number of amides is 1. The first-order valence-corrected chi connectivity index (χ1v) is 6.22. The summed E-state index contributed by atoms with van der Waals surface area (Å²) in [7, 11) is 0. The zero-order valence-electron chi connectivity index (χ0n) is 11.0. The second-order valence-corrected chi connectivity index (χ2v) is 4.48. The molecule has 0 fully saturated rings. The molecule has 2 aromatic rings. The van der Waals surface area contributed by atoms with E-state index in [1.165, 1.54) is 36.6 Å². The van der Waals surface area contributed by atoms with E-state index in [1.807, 2.05) is 0 Å². The Morgan fingerprint density at radius 2 is 1.95 bits per heavy atom. The summed E-state index contributed by atoms with van der Waals surface area (Å²) in [5.74, 6) is -2.12. The first-order chi connectivity index (χ1) is 10.0. The van der Waals surface area contributed by atoms with Crippen molar-refractivity contribution in [3.05, 3.63) is 48.0 Å². The molecule has 0 spiro atoms. The van der Waals surface area contributed by atoms with Crippen molar-refractivity contribution in [3.8, 4) is 0 Å². The standard InChI is InChI=1S/C14H13FN2O4/c15-11-3-1-9(2-4-11)10(8-14(19)20)7-13(18)16-12-5-6-21-17-12/h1-6,10H,7-8H2,(H,19,20)(H,16,17,18). The van der Waals surface area contributed by atoms with Crippen LogP contribution < -0.4 is 5.32 Å². The molecule has 0 saturated heterocycles. The van der Waals surface area contributed by atoms with Gasteiger partial charge in [0.2, 0.25) is 5.91 Å². The van der Waals surface area contributed by atoms with Crippen LogP contribution in [-0.4, -0.2) is 22.1 Å². The summed E-state index contributed by atoms with van der Waals surface area (Å²) in [6, 6.07) is 6.90. The fourth-order valence-corrected chi connectivity index (χ4v) is 1.95. The Balaban J connectivity index is 2.07. The van der Waals surface area contributed by atoms with E-state index in [9.17, 15) is 14.0 Å². The average Bonchev–Trinajstić information content (AvgIpc) is 2.91. The number of aromatic nitrogens is 1. The number of benzene rings is 1. The highest BCUT2D eigenvalue weighted by Gasteiger charge is 2.20. The maximum atomic E-state index is 12.9. The minimum absolute atomic E-state index is 0.0508. The summed E-state index contributed by atoms with van der Waals surface area (Å²) in [6.07, 6.45) is 1.03. The molecule has 110 valence electrons. The predicted octanol–water partition coefficient (Wildman–Crippen LogP) is 2.40. The topological polar surface area (TPSA) is 92.4 Å². The van der Waals surface area contributed by atoms with Crippen molar-refractivity contribution in [1.82, 2.24) is 5.16 Å². The Morgan fingerprint density at radius 3 is 2.52 bits per heavy atom. The number of carboxylic acids is 1. The zero-order valence-corrected chi connectivity index (χ0v) is 11.0. The maximum absolute atomic E-state index is 12.9. The average molecular weight is 292 g/mol. The van der Waals surface area contributed by atoms with Gasteiger partial charge in [-0.3, -0.25) is 9.59 Å². The Morgan fingerprint density at radius 1 is 1.24 bits per heavy atom. The van der Waals surface area contributed by atoms with Gasteiger partial charge in [-0.2, -0.15) is 0 Å². The molecule has 0 saturated carbocycles. The van der Waals surface area contributed by atoms with Crippen LogP contribution in [-0.2, 0) is 9.59 Å². The lowest BCUT2D eigenvalue weighted by Gasteiger charge is -2.14. The fourth-order valence-electron chi connectivity index (χ4n) is 1.95. The summed E-state index contributed by atoms with van der Waals surface area (Å²) in [6.45, 7) is 0. The monoisotopic (exact) mass is 292 g/mol. The van der Waals surface area contributed by atoms with Gasteiger partial charge in [0.25, 0.3) is 0 Å². The minimum atomic E-state index is -1.03. The highest BCUT2D eigenvalue weighted by Crippen LogP contribution is 2.24. The molecule has 1 amide bonds. The Labute approximate surface area is 119 Å². The number of carbonyl (C=O) groups is 2. The molecule has 0 radical (unpaired) electrons. The first-order valence-electron chi connectivity index (χ1n) is 6.22. The van der Waals surface area contributed by atoms with Crippen LogP contribution in [0.2, 0.25) is 0 Å². The van der Waals surface area contributed by atoms with Gasteiger partial charge in [0.15, 0.2) is 5.82 Å². The predicted molar refractivity (Wildman–Crippen MR) is 71.1 cm³/mol. The van der Waals surface area contributed by atoms with Gasteiger partial charge in [0, 0.05) is 18.4 Å². The maximum Gasteiger partial charge on any atom is 0.303 e. The number of rotatable bonds is 6. The Hall–Kier alpha value is -2.70. The van der Waals surface area contributed by atoms with Crippen LogP contribution in [0.15, 0.2) is 41.1 Å².